The number of aromatic nitrogens is 1. The van der Waals surface area contributed by atoms with Gasteiger partial charge in [-0.3, -0.25) is 9.88 Å². The molecule has 1 aromatic heterocycles. The first-order valence-corrected chi connectivity index (χ1v) is 8.53. The van der Waals surface area contributed by atoms with E-state index in [9.17, 15) is 13.2 Å². The fourth-order valence-corrected chi connectivity index (χ4v) is 2.84. The molecule has 0 amide bonds. The Hall–Kier alpha value is -2.66. The molecule has 0 N–H and O–H groups in total. The van der Waals surface area contributed by atoms with Crippen molar-refractivity contribution in [3.05, 3.63) is 96.0 Å². The van der Waals surface area contributed by atoms with Crippen molar-refractivity contribution in [2.24, 2.45) is 0 Å². The molecule has 2 aromatic carbocycles. The molecule has 5 heteroatoms. The molecule has 0 atom stereocenters. The largest absolute Gasteiger partial charge is 0.417 e. The van der Waals surface area contributed by atoms with Gasteiger partial charge in [-0.15, -0.1) is 0 Å². The van der Waals surface area contributed by atoms with Crippen LogP contribution in [0.15, 0.2) is 66.9 Å². The molecule has 0 aliphatic heterocycles. The minimum absolute atomic E-state index is 0.524. The molecule has 0 fully saturated rings. The average molecular weight is 369 g/mol. The van der Waals surface area contributed by atoms with E-state index in [-0.39, 0.29) is 0 Å². The van der Waals surface area contributed by atoms with E-state index in [0.29, 0.717) is 5.69 Å². The van der Waals surface area contributed by atoms with E-state index in [1.807, 2.05) is 43.4 Å². The molecule has 3 aromatic rings. The lowest BCUT2D eigenvalue weighted by atomic mass is 10.1. The Bertz CT molecular complexity index is 867. The molecule has 0 saturated heterocycles. The van der Waals surface area contributed by atoms with Crippen LogP contribution in [-0.2, 0) is 19.3 Å². The van der Waals surface area contributed by atoms with Crippen LogP contribution >= 0.6 is 0 Å². The lowest BCUT2D eigenvalue weighted by molar-refractivity contribution is -0.137. The number of alkyl halides is 3. The highest BCUT2D eigenvalue weighted by Crippen LogP contribution is 2.29. The summed E-state index contributed by atoms with van der Waals surface area (Å²) >= 11 is 0. The number of pyridine rings is 1. The number of hydrogen-bond acceptors (Lipinski definition) is 2. The summed E-state index contributed by atoms with van der Waals surface area (Å²) in [7, 11) is 2.05. The Labute approximate surface area is 157 Å². The van der Waals surface area contributed by atoms with Crippen molar-refractivity contribution >= 4 is 0 Å². The molecule has 0 spiro atoms. The van der Waals surface area contributed by atoms with E-state index in [1.165, 1.54) is 11.6 Å². The van der Waals surface area contributed by atoms with Gasteiger partial charge in [-0.1, -0.05) is 48.5 Å². The highest BCUT2D eigenvalue weighted by Gasteiger charge is 2.30. The van der Waals surface area contributed by atoms with Gasteiger partial charge in [-0.05, 0) is 42.8 Å². The van der Waals surface area contributed by atoms with Crippen LogP contribution in [0.5, 0.6) is 0 Å². The van der Waals surface area contributed by atoms with Crippen LogP contribution in [0.1, 0.15) is 22.3 Å². The molecule has 0 saturated carbocycles. The quantitative estimate of drug-likeness (QED) is 0.583. The summed E-state index contributed by atoms with van der Waals surface area (Å²) < 4.78 is 37.9. The lowest BCUT2D eigenvalue weighted by Crippen LogP contribution is -2.17. The standard InChI is InChI=1S/C22H20F3N2/c1-16-3-5-17(6-4-16)14-27(2)15-18-7-9-19(10-8-18)21-12-11-20(13-26-21)22(23,24)25/h3-13H,1,14-15H2,2H3. The fourth-order valence-electron chi connectivity index (χ4n) is 2.84. The Morgan fingerprint density at radius 1 is 0.852 bits per heavy atom. The molecule has 3 rings (SSSR count). The SMILES string of the molecule is [CH2]c1ccc(CN(C)Cc2ccc(-c3ccc(C(F)(F)F)cn3)cc2)cc1. The minimum Gasteiger partial charge on any atom is -0.298 e. The van der Waals surface area contributed by atoms with Crippen molar-refractivity contribution in [3.63, 3.8) is 0 Å². The lowest BCUT2D eigenvalue weighted by Gasteiger charge is -2.17. The third kappa shape index (κ3) is 5.17. The van der Waals surface area contributed by atoms with Gasteiger partial charge in [-0.2, -0.15) is 13.2 Å². The molecule has 0 aliphatic rings. The second-order valence-corrected chi connectivity index (χ2v) is 6.62. The smallest absolute Gasteiger partial charge is 0.298 e. The van der Waals surface area contributed by atoms with E-state index >= 15 is 0 Å². The highest BCUT2D eigenvalue weighted by molar-refractivity contribution is 5.59. The van der Waals surface area contributed by atoms with E-state index in [0.717, 1.165) is 42.0 Å². The van der Waals surface area contributed by atoms with Gasteiger partial charge in [-0.25, -0.2) is 0 Å². The second kappa shape index (κ2) is 7.92. The summed E-state index contributed by atoms with van der Waals surface area (Å²) in [4.78, 5) is 6.13. The zero-order chi connectivity index (χ0) is 19.4. The van der Waals surface area contributed by atoms with Gasteiger partial charge < -0.3 is 0 Å². The van der Waals surface area contributed by atoms with Crippen molar-refractivity contribution < 1.29 is 13.2 Å². The molecule has 1 radical (unpaired) electrons. The van der Waals surface area contributed by atoms with Gasteiger partial charge >= 0.3 is 6.18 Å². The van der Waals surface area contributed by atoms with Crippen LogP contribution in [0.2, 0.25) is 0 Å². The fraction of sp³-hybridized carbons (Fsp3) is 0.182. The van der Waals surface area contributed by atoms with Crippen molar-refractivity contribution in [2.45, 2.75) is 19.3 Å². The van der Waals surface area contributed by atoms with Crippen molar-refractivity contribution in [2.75, 3.05) is 7.05 Å². The highest BCUT2D eigenvalue weighted by atomic mass is 19.4. The second-order valence-electron chi connectivity index (χ2n) is 6.62. The number of halogens is 3. The monoisotopic (exact) mass is 369 g/mol. The zero-order valence-corrected chi connectivity index (χ0v) is 15.0. The van der Waals surface area contributed by atoms with Crippen LogP contribution in [0.25, 0.3) is 11.3 Å². The summed E-state index contributed by atoms with van der Waals surface area (Å²) in [5, 5.41) is 0. The van der Waals surface area contributed by atoms with E-state index < -0.39 is 11.7 Å². The summed E-state index contributed by atoms with van der Waals surface area (Å²) in [6.45, 7) is 5.48. The predicted molar refractivity (Wildman–Crippen MR) is 101 cm³/mol. The predicted octanol–water partition coefficient (Wildman–Crippen LogP) is 5.58. The maximum absolute atomic E-state index is 12.6. The summed E-state index contributed by atoms with van der Waals surface area (Å²) in [5.41, 5.74) is 3.92. The van der Waals surface area contributed by atoms with Gasteiger partial charge in [0.25, 0.3) is 0 Å². The topological polar surface area (TPSA) is 16.1 Å². The van der Waals surface area contributed by atoms with Crippen LogP contribution in [-0.4, -0.2) is 16.9 Å². The Morgan fingerprint density at radius 2 is 1.41 bits per heavy atom. The van der Waals surface area contributed by atoms with E-state index in [1.54, 1.807) is 0 Å². The molecule has 0 aliphatic carbocycles. The van der Waals surface area contributed by atoms with Crippen molar-refractivity contribution in [3.8, 4) is 11.3 Å². The summed E-state index contributed by atoms with van der Waals surface area (Å²) in [6, 6.07) is 18.3. The van der Waals surface area contributed by atoms with Crippen molar-refractivity contribution in [1.82, 2.24) is 9.88 Å². The number of rotatable bonds is 5. The first-order valence-electron chi connectivity index (χ1n) is 8.53. The molecule has 27 heavy (non-hydrogen) atoms. The van der Waals surface area contributed by atoms with Crippen molar-refractivity contribution in [1.29, 1.82) is 0 Å². The summed E-state index contributed by atoms with van der Waals surface area (Å²) in [5.74, 6) is 0. The van der Waals surface area contributed by atoms with Gasteiger partial charge in [0.15, 0.2) is 0 Å². The molecule has 1 heterocycles. The van der Waals surface area contributed by atoms with Crippen LogP contribution in [0.3, 0.4) is 0 Å². The maximum atomic E-state index is 12.6. The van der Waals surface area contributed by atoms with Gasteiger partial charge in [0.2, 0.25) is 0 Å². The normalized spacial score (nSPS) is 11.8. The Kier molecular flexibility index (Phi) is 5.61. The van der Waals surface area contributed by atoms with Gasteiger partial charge in [0.05, 0.1) is 11.3 Å². The molecular formula is C22H20F3N2. The van der Waals surface area contributed by atoms with Crippen LogP contribution < -0.4 is 0 Å². The summed E-state index contributed by atoms with van der Waals surface area (Å²) in [6.07, 6.45) is -3.50. The van der Waals surface area contributed by atoms with Gasteiger partial charge in [0, 0.05) is 24.8 Å². The van der Waals surface area contributed by atoms with E-state index in [2.05, 4.69) is 28.9 Å². The molecule has 0 unspecified atom stereocenters. The van der Waals surface area contributed by atoms with Crippen LogP contribution in [0.4, 0.5) is 13.2 Å². The molecule has 2 nitrogen and oxygen atoms in total. The molecular weight excluding hydrogens is 349 g/mol. The number of hydrogen-bond donors (Lipinski definition) is 0. The third-order valence-corrected chi connectivity index (χ3v) is 4.27. The molecule has 139 valence electrons. The first kappa shape index (κ1) is 19.1. The zero-order valence-electron chi connectivity index (χ0n) is 15.0. The van der Waals surface area contributed by atoms with Crippen LogP contribution in [0, 0.1) is 6.92 Å². The maximum Gasteiger partial charge on any atom is 0.417 e. The first-order chi connectivity index (χ1) is 12.8. The average Bonchev–Trinajstić information content (AvgIpc) is 2.64. The minimum atomic E-state index is -4.37. The molecule has 0 bridgehead atoms. The third-order valence-electron chi connectivity index (χ3n) is 4.27. The number of benzene rings is 2. The van der Waals surface area contributed by atoms with Gasteiger partial charge in [0.1, 0.15) is 0 Å². The van der Waals surface area contributed by atoms with E-state index in [4.69, 9.17) is 0 Å². The Morgan fingerprint density at radius 3 is 1.89 bits per heavy atom. The number of nitrogens with zero attached hydrogens (tertiary/aromatic N) is 2. The Balaban J connectivity index is 1.63.